The maximum atomic E-state index is 11.5. The summed E-state index contributed by atoms with van der Waals surface area (Å²) in [7, 11) is 0. The number of ether oxygens (including phenoxy) is 1. The van der Waals surface area contributed by atoms with Gasteiger partial charge in [0, 0.05) is 23.7 Å². The van der Waals surface area contributed by atoms with Crippen molar-refractivity contribution in [1.29, 1.82) is 0 Å². The van der Waals surface area contributed by atoms with Gasteiger partial charge in [0.15, 0.2) is 0 Å². The van der Waals surface area contributed by atoms with Gasteiger partial charge in [-0.25, -0.2) is 4.79 Å². The van der Waals surface area contributed by atoms with Crippen LogP contribution in [0.3, 0.4) is 0 Å². The Labute approximate surface area is 105 Å². The number of amides is 1. The lowest BCUT2D eigenvalue weighted by molar-refractivity contribution is 0.135. The van der Waals surface area contributed by atoms with Gasteiger partial charge in [-0.2, -0.15) is 5.10 Å². The van der Waals surface area contributed by atoms with Crippen LogP contribution in [0, 0.1) is 0 Å². The van der Waals surface area contributed by atoms with Gasteiger partial charge in [-0.05, 0) is 32.1 Å². The lowest BCUT2D eigenvalue weighted by Gasteiger charge is -2.12. The molecule has 4 N–H and O–H groups in total. The van der Waals surface area contributed by atoms with Crippen LogP contribution in [-0.2, 0) is 4.74 Å². The standard InChI is InChI=1S/C12H18N4O2/c13-11-6-10(15-16-11)7-1-2-8(5-7)14-12(17)18-9-3-4-9/h6-9H,1-5H2,(H,14,17)(H3,13,15,16). The van der Waals surface area contributed by atoms with E-state index in [1.54, 1.807) is 0 Å². The quantitative estimate of drug-likeness (QED) is 0.758. The molecule has 0 aromatic carbocycles. The second kappa shape index (κ2) is 4.51. The molecule has 0 saturated heterocycles. The molecule has 0 aliphatic heterocycles. The molecule has 1 amide bonds. The number of aromatic amines is 1. The smallest absolute Gasteiger partial charge is 0.407 e. The van der Waals surface area contributed by atoms with Crippen LogP contribution in [0.25, 0.3) is 0 Å². The van der Waals surface area contributed by atoms with Crippen LogP contribution in [0.2, 0.25) is 0 Å². The fourth-order valence-corrected chi connectivity index (χ4v) is 2.50. The Morgan fingerprint density at radius 1 is 1.44 bits per heavy atom. The van der Waals surface area contributed by atoms with E-state index in [2.05, 4.69) is 15.5 Å². The van der Waals surface area contributed by atoms with Gasteiger partial charge in [0.25, 0.3) is 0 Å². The third-order valence-electron chi connectivity index (χ3n) is 3.61. The SMILES string of the molecule is Nc1cc(C2CCC(NC(=O)OC3CC3)C2)[nH]n1. The van der Waals surface area contributed by atoms with Gasteiger partial charge in [0.2, 0.25) is 0 Å². The van der Waals surface area contributed by atoms with E-state index in [9.17, 15) is 4.79 Å². The fraction of sp³-hybridized carbons (Fsp3) is 0.667. The molecule has 2 aliphatic rings. The van der Waals surface area contributed by atoms with E-state index in [0.717, 1.165) is 37.8 Å². The summed E-state index contributed by atoms with van der Waals surface area (Å²) < 4.78 is 5.18. The first kappa shape index (κ1) is 11.4. The summed E-state index contributed by atoms with van der Waals surface area (Å²) in [5.74, 6) is 0.926. The van der Waals surface area contributed by atoms with Crippen molar-refractivity contribution in [3.63, 3.8) is 0 Å². The van der Waals surface area contributed by atoms with Crippen molar-refractivity contribution < 1.29 is 9.53 Å². The molecule has 2 unspecified atom stereocenters. The Balaban J connectivity index is 1.50. The lowest BCUT2D eigenvalue weighted by Crippen LogP contribution is -2.33. The summed E-state index contributed by atoms with van der Waals surface area (Å²) in [6.45, 7) is 0. The maximum Gasteiger partial charge on any atom is 0.407 e. The van der Waals surface area contributed by atoms with E-state index in [1.807, 2.05) is 6.07 Å². The molecule has 2 aliphatic carbocycles. The van der Waals surface area contributed by atoms with Gasteiger partial charge < -0.3 is 15.8 Å². The molecule has 2 saturated carbocycles. The zero-order chi connectivity index (χ0) is 12.5. The molecule has 0 spiro atoms. The third kappa shape index (κ3) is 2.57. The molecule has 0 radical (unpaired) electrons. The highest BCUT2D eigenvalue weighted by Gasteiger charge is 2.31. The van der Waals surface area contributed by atoms with E-state index in [-0.39, 0.29) is 18.2 Å². The number of anilines is 1. The van der Waals surface area contributed by atoms with Crippen LogP contribution >= 0.6 is 0 Å². The van der Waals surface area contributed by atoms with E-state index in [1.165, 1.54) is 0 Å². The summed E-state index contributed by atoms with van der Waals surface area (Å²) >= 11 is 0. The first-order chi connectivity index (χ1) is 8.70. The molecule has 6 heteroatoms. The van der Waals surface area contributed by atoms with E-state index in [4.69, 9.17) is 10.5 Å². The Hall–Kier alpha value is -1.72. The molecule has 2 fully saturated rings. The molecule has 2 atom stereocenters. The number of carbonyl (C=O) groups is 1. The number of H-pyrrole nitrogens is 1. The zero-order valence-corrected chi connectivity index (χ0v) is 10.2. The maximum absolute atomic E-state index is 11.5. The highest BCUT2D eigenvalue weighted by molar-refractivity contribution is 5.68. The first-order valence-electron chi connectivity index (χ1n) is 6.48. The monoisotopic (exact) mass is 250 g/mol. The lowest BCUT2D eigenvalue weighted by atomic mass is 10.0. The topological polar surface area (TPSA) is 93.0 Å². The predicted octanol–water partition coefficient (Wildman–Crippen LogP) is 1.52. The van der Waals surface area contributed by atoms with Crippen molar-refractivity contribution in [2.24, 2.45) is 0 Å². The summed E-state index contributed by atoms with van der Waals surface area (Å²) in [5.41, 5.74) is 6.65. The minimum absolute atomic E-state index is 0.162. The van der Waals surface area contributed by atoms with Crippen LogP contribution in [0.1, 0.15) is 43.7 Å². The van der Waals surface area contributed by atoms with Crippen LogP contribution in [0.4, 0.5) is 10.6 Å². The largest absolute Gasteiger partial charge is 0.446 e. The predicted molar refractivity (Wildman–Crippen MR) is 66.0 cm³/mol. The number of rotatable bonds is 3. The molecule has 1 aromatic heterocycles. The molecular weight excluding hydrogens is 232 g/mol. The van der Waals surface area contributed by atoms with E-state index < -0.39 is 0 Å². The number of hydrogen-bond acceptors (Lipinski definition) is 4. The van der Waals surface area contributed by atoms with Crippen LogP contribution in [-0.4, -0.2) is 28.4 Å². The van der Waals surface area contributed by atoms with Crippen molar-refractivity contribution >= 4 is 11.9 Å². The summed E-state index contributed by atoms with van der Waals surface area (Å²) in [6, 6.07) is 2.07. The number of aromatic nitrogens is 2. The average Bonchev–Trinajstić information content (AvgIpc) is 2.85. The number of nitrogen functional groups attached to an aromatic ring is 1. The van der Waals surface area contributed by atoms with Crippen molar-refractivity contribution in [1.82, 2.24) is 15.5 Å². The van der Waals surface area contributed by atoms with Crippen LogP contribution < -0.4 is 11.1 Å². The van der Waals surface area contributed by atoms with Crippen molar-refractivity contribution in [2.45, 2.75) is 50.2 Å². The van der Waals surface area contributed by atoms with Gasteiger partial charge in [-0.3, -0.25) is 5.10 Å². The third-order valence-corrected chi connectivity index (χ3v) is 3.61. The highest BCUT2D eigenvalue weighted by atomic mass is 16.6. The molecule has 0 bridgehead atoms. The summed E-state index contributed by atoms with van der Waals surface area (Å²) in [6.07, 6.45) is 4.84. The first-order valence-corrected chi connectivity index (χ1v) is 6.48. The molecule has 1 aromatic rings. The van der Waals surface area contributed by atoms with Gasteiger partial charge >= 0.3 is 6.09 Å². The molecule has 18 heavy (non-hydrogen) atoms. The number of alkyl carbamates (subject to hydrolysis) is 1. The number of nitrogens with two attached hydrogens (primary N) is 1. The Morgan fingerprint density at radius 3 is 2.94 bits per heavy atom. The number of nitrogens with one attached hydrogen (secondary N) is 2. The second-order valence-electron chi connectivity index (χ2n) is 5.20. The van der Waals surface area contributed by atoms with Crippen molar-refractivity contribution in [2.75, 3.05) is 5.73 Å². The summed E-state index contributed by atoms with van der Waals surface area (Å²) in [5, 5.41) is 9.81. The van der Waals surface area contributed by atoms with Gasteiger partial charge in [-0.15, -0.1) is 0 Å². The number of nitrogens with zero attached hydrogens (tertiary/aromatic N) is 1. The molecule has 3 rings (SSSR count). The summed E-state index contributed by atoms with van der Waals surface area (Å²) in [4.78, 5) is 11.5. The molecule has 98 valence electrons. The second-order valence-corrected chi connectivity index (χ2v) is 5.20. The van der Waals surface area contributed by atoms with Gasteiger partial charge in [0.1, 0.15) is 11.9 Å². The van der Waals surface area contributed by atoms with Crippen LogP contribution in [0.5, 0.6) is 0 Å². The molecular formula is C12H18N4O2. The van der Waals surface area contributed by atoms with Crippen molar-refractivity contribution in [3.8, 4) is 0 Å². The minimum atomic E-state index is -0.271. The van der Waals surface area contributed by atoms with E-state index >= 15 is 0 Å². The average molecular weight is 250 g/mol. The Morgan fingerprint density at radius 2 is 2.28 bits per heavy atom. The Kier molecular flexibility index (Phi) is 2.85. The fourth-order valence-electron chi connectivity index (χ4n) is 2.50. The molecule has 1 heterocycles. The number of carbonyl (C=O) groups excluding carboxylic acids is 1. The normalized spacial score (nSPS) is 27.1. The molecule has 6 nitrogen and oxygen atoms in total. The van der Waals surface area contributed by atoms with Crippen LogP contribution in [0.15, 0.2) is 6.07 Å². The Bertz CT molecular complexity index is 441. The van der Waals surface area contributed by atoms with E-state index in [0.29, 0.717) is 11.7 Å². The van der Waals surface area contributed by atoms with Gasteiger partial charge in [0.05, 0.1) is 0 Å². The van der Waals surface area contributed by atoms with Crippen molar-refractivity contribution in [3.05, 3.63) is 11.8 Å². The highest BCUT2D eigenvalue weighted by Crippen LogP contribution is 2.34. The zero-order valence-electron chi connectivity index (χ0n) is 10.2. The van der Waals surface area contributed by atoms with Gasteiger partial charge in [-0.1, -0.05) is 0 Å². The number of hydrogen-bond donors (Lipinski definition) is 3. The minimum Gasteiger partial charge on any atom is -0.446 e.